The van der Waals surface area contributed by atoms with Gasteiger partial charge in [0.1, 0.15) is 11.6 Å². The molecule has 1 N–H and O–H groups in total. The SMILES string of the molecule is C#CCn1c(CCNC(=O)c2ccc(F)cc2)nc2ccccc21. The van der Waals surface area contributed by atoms with Crippen LogP contribution in [0.4, 0.5) is 4.39 Å². The van der Waals surface area contributed by atoms with Crippen LogP contribution < -0.4 is 5.32 Å². The van der Waals surface area contributed by atoms with Crippen molar-refractivity contribution in [2.45, 2.75) is 13.0 Å². The minimum Gasteiger partial charge on any atom is -0.352 e. The van der Waals surface area contributed by atoms with E-state index in [4.69, 9.17) is 6.42 Å². The number of benzene rings is 2. The third-order valence-electron chi connectivity index (χ3n) is 3.72. The van der Waals surface area contributed by atoms with Gasteiger partial charge in [-0.2, -0.15) is 0 Å². The number of carbonyl (C=O) groups excluding carboxylic acids is 1. The second-order valence-electron chi connectivity index (χ2n) is 5.32. The number of nitrogens with zero attached hydrogens (tertiary/aromatic N) is 2. The quantitative estimate of drug-likeness (QED) is 0.735. The minimum atomic E-state index is -0.366. The maximum Gasteiger partial charge on any atom is 0.251 e. The molecule has 120 valence electrons. The highest BCUT2D eigenvalue weighted by atomic mass is 19.1. The summed E-state index contributed by atoms with van der Waals surface area (Å²) in [5.74, 6) is 2.85. The van der Waals surface area contributed by atoms with E-state index in [9.17, 15) is 9.18 Å². The summed E-state index contributed by atoms with van der Waals surface area (Å²) in [7, 11) is 0. The highest BCUT2D eigenvalue weighted by molar-refractivity contribution is 5.94. The topological polar surface area (TPSA) is 46.9 Å². The van der Waals surface area contributed by atoms with Gasteiger partial charge in [0.15, 0.2) is 0 Å². The molecule has 1 aromatic heterocycles. The van der Waals surface area contributed by atoms with Crippen molar-refractivity contribution in [2.75, 3.05) is 6.54 Å². The van der Waals surface area contributed by atoms with Crippen molar-refractivity contribution in [1.29, 1.82) is 0 Å². The molecule has 0 aliphatic carbocycles. The number of terminal acetylenes is 1. The zero-order valence-corrected chi connectivity index (χ0v) is 13.0. The zero-order valence-electron chi connectivity index (χ0n) is 13.0. The van der Waals surface area contributed by atoms with E-state index >= 15 is 0 Å². The molecule has 0 aliphatic rings. The highest BCUT2D eigenvalue weighted by Crippen LogP contribution is 2.16. The van der Waals surface area contributed by atoms with Crippen LogP contribution in [0.3, 0.4) is 0 Å². The van der Waals surface area contributed by atoms with Crippen LogP contribution in [0.1, 0.15) is 16.2 Å². The maximum atomic E-state index is 12.9. The Morgan fingerprint density at radius 3 is 2.71 bits per heavy atom. The molecule has 0 radical (unpaired) electrons. The lowest BCUT2D eigenvalue weighted by Gasteiger charge is -2.07. The average Bonchev–Trinajstić information content (AvgIpc) is 2.94. The van der Waals surface area contributed by atoms with Gasteiger partial charge in [0.25, 0.3) is 5.91 Å². The average molecular weight is 321 g/mol. The van der Waals surface area contributed by atoms with E-state index in [2.05, 4.69) is 16.2 Å². The number of fused-ring (bicyclic) bond motifs is 1. The first kappa shape index (κ1) is 15.8. The molecule has 1 heterocycles. The number of nitrogens with one attached hydrogen (secondary N) is 1. The molecule has 2 aromatic carbocycles. The second kappa shape index (κ2) is 6.97. The predicted molar refractivity (Wildman–Crippen MR) is 91.0 cm³/mol. The Morgan fingerprint density at radius 1 is 1.21 bits per heavy atom. The Labute approximate surface area is 139 Å². The van der Waals surface area contributed by atoms with Gasteiger partial charge in [0.05, 0.1) is 17.6 Å². The van der Waals surface area contributed by atoms with Crippen LogP contribution in [0, 0.1) is 18.2 Å². The summed E-state index contributed by atoms with van der Waals surface area (Å²) < 4.78 is 14.9. The lowest BCUT2D eigenvalue weighted by molar-refractivity contribution is 0.0954. The number of para-hydroxylation sites is 2. The Bertz CT molecular complexity index is 907. The van der Waals surface area contributed by atoms with Crippen LogP contribution in [-0.4, -0.2) is 22.0 Å². The van der Waals surface area contributed by atoms with Crippen molar-refractivity contribution in [1.82, 2.24) is 14.9 Å². The zero-order chi connectivity index (χ0) is 16.9. The summed E-state index contributed by atoms with van der Waals surface area (Å²) >= 11 is 0. The van der Waals surface area contributed by atoms with E-state index in [0.29, 0.717) is 25.1 Å². The van der Waals surface area contributed by atoms with E-state index in [1.807, 2.05) is 28.8 Å². The van der Waals surface area contributed by atoms with Gasteiger partial charge >= 0.3 is 0 Å². The number of hydrogen-bond acceptors (Lipinski definition) is 2. The largest absolute Gasteiger partial charge is 0.352 e. The van der Waals surface area contributed by atoms with Crippen LogP contribution >= 0.6 is 0 Å². The maximum absolute atomic E-state index is 12.9. The molecule has 5 heteroatoms. The third-order valence-corrected chi connectivity index (χ3v) is 3.72. The van der Waals surface area contributed by atoms with Crippen molar-refractivity contribution in [3.8, 4) is 12.3 Å². The summed E-state index contributed by atoms with van der Waals surface area (Å²) in [5, 5.41) is 2.81. The van der Waals surface area contributed by atoms with Crippen LogP contribution in [0.15, 0.2) is 48.5 Å². The summed E-state index contributed by atoms with van der Waals surface area (Å²) in [4.78, 5) is 16.6. The van der Waals surface area contributed by atoms with Gasteiger partial charge in [-0.25, -0.2) is 9.37 Å². The molecule has 0 saturated heterocycles. The van der Waals surface area contributed by atoms with Gasteiger partial charge in [-0.1, -0.05) is 18.1 Å². The fourth-order valence-electron chi connectivity index (χ4n) is 2.58. The summed E-state index contributed by atoms with van der Waals surface area (Å²) in [6.07, 6.45) is 6.00. The summed E-state index contributed by atoms with van der Waals surface area (Å²) in [6, 6.07) is 13.2. The number of halogens is 1. The van der Waals surface area contributed by atoms with E-state index in [1.165, 1.54) is 24.3 Å². The number of imidazole rings is 1. The van der Waals surface area contributed by atoms with Gasteiger partial charge in [-0.05, 0) is 36.4 Å². The van der Waals surface area contributed by atoms with Gasteiger partial charge in [-0.3, -0.25) is 4.79 Å². The highest BCUT2D eigenvalue weighted by Gasteiger charge is 2.10. The van der Waals surface area contributed by atoms with E-state index < -0.39 is 0 Å². The van der Waals surface area contributed by atoms with Crippen LogP contribution in [0.25, 0.3) is 11.0 Å². The Balaban J connectivity index is 1.69. The minimum absolute atomic E-state index is 0.241. The molecule has 0 saturated carbocycles. The second-order valence-corrected chi connectivity index (χ2v) is 5.32. The Hall–Kier alpha value is -3.13. The monoisotopic (exact) mass is 321 g/mol. The van der Waals surface area contributed by atoms with Gasteiger partial charge < -0.3 is 9.88 Å². The number of rotatable bonds is 5. The van der Waals surface area contributed by atoms with E-state index in [1.54, 1.807) is 0 Å². The molecule has 1 amide bonds. The van der Waals surface area contributed by atoms with Crippen LogP contribution in [0.5, 0.6) is 0 Å². The number of carbonyl (C=O) groups is 1. The first-order chi connectivity index (χ1) is 11.7. The first-order valence-electron chi connectivity index (χ1n) is 7.60. The summed E-state index contributed by atoms with van der Waals surface area (Å²) in [5.41, 5.74) is 2.29. The lowest BCUT2D eigenvalue weighted by Crippen LogP contribution is -2.26. The molecule has 3 aromatic rings. The molecule has 0 unspecified atom stereocenters. The molecule has 24 heavy (non-hydrogen) atoms. The van der Waals surface area contributed by atoms with Gasteiger partial charge in [0, 0.05) is 18.5 Å². The van der Waals surface area contributed by atoms with Crippen molar-refractivity contribution in [3.05, 3.63) is 65.7 Å². The van der Waals surface area contributed by atoms with Gasteiger partial charge in [-0.15, -0.1) is 6.42 Å². The molecular weight excluding hydrogens is 305 g/mol. The standard InChI is InChI=1S/C19H16FN3O/c1-2-13-23-17-6-4-3-5-16(17)22-18(23)11-12-21-19(24)14-7-9-15(20)10-8-14/h1,3-10H,11-13H2,(H,21,24). The molecule has 0 atom stereocenters. The van der Waals surface area contributed by atoms with E-state index in [0.717, 1.165) is 16.9 Å². The first-order valence-corrected chi connectivity index (χ1v) is 7.60. The number of aromatic nitrogens is 2. The van der Waals surface area contributed by atoms with Crippen molar-refractivity contribution < 1.29 is 9.18 Å². The molecule has 0 spiro atoms. The van der Waals surface area contributed by atoms with E-state index in [-0.39, 0.29) is 11.7 Å². The normalized spacial score (nSPS) is 10.5. The molecule has 4 nitrogen and oxygen atoms in total. The molecule has 3 rings (SSSR count). The molecule has 0 fully saturated rings. The molecule has 0 bridgehead atoms. The van der Waals surface area contributed by atoms with Crippen molar-refractivity contribution >= 4 is 16.9 Å². The number of amides is 1. The lowest BCUT2D eigenvalue weighted by atomic mass is 10.2. The van der Waals surface area contributed by atoms with Crippen molar-refractivity contribution in [2.24, 2.45) is 0 Å². The van der Waals surface area contributed by atoms with Crippen LogP contribution in [0.2, 0.25) is 0 Å². The predicted octanol–water partition coefficient (Wildman–Crippen LogP) is 2.78. The fraction of sp³-hybridized carbons (Fsp3) is 0.158. The smallest absolute Gasteiger partial charge is 0.251 e. The van der Waals surface area contributed by atoms with Crippen LogP contribution in [-0.2, 0) is 13.0 Å². The van der Waals surface area contributed by atoms with Gasteiger partial charge in [0.2, 0.25) is 0 Å². The number of hydrogen-bond donors (Lipinski definition) is 1. The Kier molecular flexibility index (Phi) is 4.57. The Morgan fingerprint density at radius 2 is 1.96 bits per heavy atom. The molecule has 0 aliphatic heterocycles. The summed E-state index contributed by atoms with van der Waals surface area (Å²) in [6.45, 7) is 0.853. The fourth-order valence-corrected chi connectivity index (χ4v) is 2.58. The molecular formula is C19H16FN3O. The van der Waals surface area contributed by atoms with Crippen molar-refractivity contribution in [3.63, 3.8) is 0 Å². The third kappa shape index (κ3) is 3.28.